The molecular weight excluding hydrogens is 386 g/mol. The summed E-state index contributed by atoms with van der Waals surface area (Å²) in [5.41, 5.74) is 2.45. The Hall–Kier alpha value is -2.29. The Balaban J connectivity index is 1.47. The van der Waals surface area contributed by atoms with E-state index in [2.05, 4.69) is 15.2 Å². The van der Waals surface area contributed by atoms with Gasteiger partial charge in [-0.1, -0.05) is 6.07 Å². The molecule has 0 spiro atoms. The van der Waals surface area contributed by atoms with Crippen LogP contribution < -0.4 is 10.1 Å². The standard InChI is InChI=1S/C21H25N5O2S/c1-27-20-14(4-3-7-22-20)12-23-19-18-15-5-2-6-16(15)29-21(18)25-17(24-19)13-26-8-10-28-11-9-26/h3-4,7H,2,5-6,8-13H2,1H3,(H,23,24,25). The quantitative estimate of drug-likeness (QED) is 0.668. The number of methoxy groups -OCH3 is 1. The van der Waals surface area contributed by atoms with Gasteiger partial charge in [0.1, 0.15) is 16.5 Å². The molecule has 0 amide bonds. The van der Waals surface area contributed by atoms with Crippen LogP contribution in [0.4, 0.5) is 5.82 Å². The molecule has 1 aliphatic carbocycles. The van der Waals surface area contributed by atoms with Crippen LogP contribution in [0.5, 0.6) is 5.88 Å². The average molecular weight is 412 g/mol. The third-order valence-corrected chi connectivity index (χ3v) is 6.76. The molecule has 0 unspecified atom stereocenters. The monoisotopic (exact) mass is 411 g/mol. The molecule has 8 heteroatoms. The van der Waals surface area contributed by atoms with Gasteiger partial charge < -0.3 is 14.8 Å². The van der Waals surface area contributed by atoms with Crippen molar-refractivity contribution >= 4 is 27.4 Å². The second-order valence-electron chi connectivity index (χ2n) is 7.44. The van der Waals surface area contributed by atoms with Gasteiger partial charge in [-0.2, -0.15) is 0 Å². The maximum absolute atomic E-state index is 5.47. The molecule has 1 fully saturated rings. The predicted molar refractivity (Wildman–Crippen MR) is 114 cm³/mol. The number of hydrogen-bond acceptors (Lipinski definition) is 8. The summed E-state index contributed by atoms with van der Waals surface area (Å²) in [5, 5.41) is 4.77. The van der Waals surface area contributed by atoms with Crippen LogP contribution in [0.25, 0.3) is 10.2 Å². The Bertz CT molecular complexity index is 1020. The van der Waals surface area contributed by atoms with E-state index in [0.29, 0.717) is 12.4 Å². The first-order valence-corrected chi connectivity index (χ1v) is 11.0. The van der Waals surface area contributed by atoms with Crippen LogP contribution in [0.3, 0.4) is 0 Å². The van der Waals surface area contributed by atoms with Crippen molar-refractivity contribution in [1.29, 1.82) is 0 Å². The second kappa shape index (κ2) is 8.22. The van der Waals surface area contributed by atoms with Crippen LogP contribution in [0.2, 0.25) is 0 Å². The van der Waals surface area contributed by atoms with Crippen LogP contribution in [-0.4, -0.2) is 53.3 Å². The summed E-state index contributed by atoms with van der Waals surface area (Å²) in [6.07, 6.45) is 5.25. The number of aromatic nitrogens is 3. The molecular formula is C21H25N5O2S. The molecule has 29 heavy (non-hydrogen) atoms. The van der Waals surface area contributed by atoms with Crippen molar-refractivity contribution in [3.05, 3.63) is 40.2 Å². The van der Waals surface area contributed by atoms with Gasteiger partial charge in [-0.25, -0.2) is 15.0 Å². The number of hydrogen-bond donors (Lipinski definition) is 1. The molecule has 0 aromatic carbocycles. The van der Waals surface area contributed by atoms with E-state index in [1.165, 1.54) is 22.2 Å². The highest BCUT2D eigenvalue weighted by Crippen LogP contribution is 2.39. The Labute approximate surface area is 174 Å². The van der Waals surface area contributed by atoms with Crippen molar-refractivity contribution in [1.82, 2.24) is 19.9 Å². The minimum Gasteiger partial charge on any atom is -0.481 e. The van der Waals surface area contributed by atoms with Gasteiger partial charge in [-0.15, -0.1) is 11.3 Å². The van der Waals surface area contributed by atoms with Crippen molar-refractivity contribution in [2.75, 3.05) is 38.7 Å². The summed E-state index contributed by atoms with van der Waals surface area (Å²) in [5.74, 6) is 2.46. The van der Waals surface area contributed by atoms with Gasteiger partial charge in [0, 0.05) is 36.3 Å². The Kier molecular flexibility index (Phi) is 5.30. The lowest BCUT2D eigenvalue weighted by atomic mass is 10.2. The van der Waals surface area contributed by atoms with Crippen LogP contribution >= 0.6 is 11.3 Å². The number of nitrogens with one attached hydrogen (secondary N) is 1. The number of nitrogens with zero attached hydrogens (tertiary/aromatic N) is 4. The molecule has 1 aliphatic heterocycles. The first kappa shape index (κ1) is 18.7. The van der Waals surface area contributed by atoms with Crippen LogP contribution in [0.15, 0.2) is 18.3 Å². The fourth-order valence-corrected chi connectivity index (χ4v) is 5.40. The SMILES string of the molecule is COc1ncccc1CNc1nc(CN2CCOCC2)nc2sc3c(c12)CCC3. The molecule has 0 atom stereocenters. The summed E-state index contributed by atoms with van der Waals surface area (Å²) >= 11 is 1.83. The molecule has 0 radical (unpaired) electrons. The van der Waals surface area contributed by atoms with Gasteiger partial charge in [0.15, 0.2) is 0 Å². The zero-order chi connectivity index (χ0) is 19.6. The molecule has 1 saturated heterocycles. The molecule has 7 nitrogen and oxygen atoms in total. The van der Waals surface area contributed by atoms with E-state index in [1.807, 2.05) is 23.5 Å². The highest BCUT2D eigenvalue weighted by Gasteiger charge is 2.23. The zero-order valence-corrected chi connectivity index (χ0v) is 17.4. The lowest BCUT2D eigenvalue weighted by Crippen LogP contribution is -2.36. The maximum Gasteiger partial charge on any atom is 0.218 e. The number of aryl methyl sites for hydroxylation is 2. The number of ether oxygens (including phenoxy) is 2. The summed E-state index contributed by atoms with van der Waals surface area (Å²) < 4.78 is 10.9. The van der Waals surface area contributed by atoms with E-state index < -0.39 is 0 Å². The Morgan fingerprint density at radius 3 is 3.00 bits per heavy atom. The van der Waals surface area contributed by atoms with Crippen molar-refractivity contribution < 1.29 is 9.47 Å². The van der Waals surface area contributed by atoms with E-state index in [-0.39, 0.29) is 0 Å². The fraction of sp³-hybridized carbons (Fsp3) is 0.476. The van der Waals surface area contributed by atoms with Crippen molar-refractivity contribution in [3.63, 3.8) is 0 Å². The minimum atomic E-state index is 0.616. The maximum atomic E-state index is 5.47. The smallest absolute Gasteiger partial charge is 0.218 e. The number of pyridine rings is 1. The molecule has 5 rings (SSSR count). The Morgan fingerprint density at radius 2 is 2.14 bits per heavy atom. The molecule has 1 N–H and O–H groups in total. The number of anilines is 1. The molecule has 0 bridgehead atoms. The Morgan fingerprint density at radius 1 is 1.24 bits per heavy atom. The summed E-state index contributed by atoms with van der Waals surface area (Å²) in [7, 11) is 1.65. The van der Waals surface area contributed by atoms with Crippen LogP contribution in [0.1, 0.15) is 28.2 Å². The number of thiophene rings is 1. The first-order chi connectivity index (χ1) is 14.3. The summed E-state index contributed by atoms with van der Waals surface area (Å²) in [4.78, 5) is 19.1. The fourth-order valence-electron chi connectivity index (χ4n) is 4.12. The van der Waals surface area contributed by atoms with Gasteiger partial charge in [-0.3, -0.25) is 4.90 Å². The predicted octanol–water partition coefficient (Wildman–Crippen LogP) is 3.03. The zero-order valence-electron chi connectivity index (χ0n) is 16.6. The van der Waals surface area contributed by atoms with Crippen LogP contribution in [-0.2, 0) is 30.7 Å². The topological polar surface area (TPSA) is 72.4 Å². The van der Waals surface area contributed by atoms with Crippen molar-refractivity contribution in [2.24, 2.45) is 0 Å². The van der Waals surface area contributed by atoms with E-state index in [4.69, 9.17) is 19.4 Å². The summed E-state index contributed by atoms with van der Waals surface area (Å²) in [6, 6.07) is 3.96. The van der Waals surface area contributed by atoms with Gasteiger partial charge in [0.25, 0.3) is 0 Å². The average Bonchev–Trinajstić information content (AvgIpc) is 3.34. The lowest BCUT2D eigenvalue weighted by molar-refractivity contribution is 0.0331. The van der Waals surface area contributed by atoms with Gasteiger partial charge in [0.05, 0.1) is 32.3 Å². The number of rotatable bonds is 6. The largest absolute Gasteiger partial charge is 0.481 e. The van der Waals surface area contributed by atoms with Gasteiger partial charge in [-0.05, 0) is 30.9 Å². The first-order valence-electron chi connectivity index (χ1n) is 10.1. The molecule has 2 aliphatic rings. The summed E-state index contributed by atoms with van der Waals surface area (Å²) in [6.45, 7) is 4.79. The van der Waals surface area contributed by atoms with Crippen molar-refractivity contribution in [2.45, 2.75) is 32.4 Å². The third-order valence-electron chi connectivity index (χ3n) is 5.57. The third kappa shape index (κ3) is 3.80. The van der Waals surface area contributed by atoms with Gasteiger partial charge >= 0.3 is 0 Å². The molecule has 3 aromatic rings. The molecule has 0 saturated carbocycles. The van der Waals surface area contributed by atoms with Crippen molar-refractivity contribution in [3.8, 4) is 5.88 Å². The molecule has 152 valence electrons. The van der Waals surface area contributed by atoms with E-state index in [1.54, 1.807) is 13.3 Å². The van der Waals surface area contributed by atoms with Crippen LogP contribution in [0, 0.1) is 0 Å². The lowest BCUT2D eigenvalue weighted by Gasteiger charge is -2.25. The van der Waals surface area contributed by atoms with E-state index in [0.717, 1.165) is 67.7 Å². The minimum absolute atomic E-state index is 0.616. The van der Waals surface area contributed by atoms with E-state index in [9.17, 15) is 0 Å². The highest BCUT2D eigenvalue weighted by molar-refractivity contribution is 7.19. The molecule has 4 heterocycles. The van der Waals surface area contributed by atoms with Gasteiger partial charge in [0.2, 0.25) is 5.88 Å². The normalized spacial score (nSPS) is 16.9. The molecule has 3 aromatic heterocycles. The second-order valence-corrected chi connectivity index (χ2v) is 8.52. The number of morpholine rings is 1. The number of fused-ring (bicyclic) bond motifs is 3. The highest BCUT2D eigenvalue weighted by atomic mass is 32.1. The van der Waals surface area contributed by atoms with E-state index >= 15 is 0 Å².